The van der Waals surface area contributed by atoms with Crippen molar-refractivity contribution in [2.45, 2.75) is 0 Å². The lowest BCUT2D eigenvalue weighted by Crippen LogP contribution is -3.27. The van der Waals surface area contributed by atoms with E-state index in [0.29, 0.717) is 22.3 Å². The van der Waals surface area contributed by atoms with E-state index >= 15 is 0 Å². The number of benzene rings is 1. The number of carbonyl (C=O) groups excluding carboxylic acids is 1. The first kappa shape index (κ1) is 14.6. The van der Waals surface area contributed by atoms with E-state index in [4.69, 9.17) is 23.2 Å². The summed E-state index contributed by atoms with van der Waals surface area (Å²) in [6, 6.07) is 5.05. The van der Waals surface area contributed by atoms with Crippen LogP contribution in [0.3, 0.4) is 0 Å². The summed E-state index contributed by atoms with van der Waals surface area (Å²) in [5.41, 5.74) is 0.654. The Labute approximate surface area is 123 Å². The van der Waals surface area contributed by atoms with Crippen LogP contribution in [-0.2, 0) is 4.79 Å². The zero-order valence-corrected chi connectivity index (χ0v) is 12.4. The van der Waals surface area contributed by atoms with Crippen LogP contribution in [0, 0.1) is 0 Å². The highest BCUT2D eigenvalue weighted by molar-refractivity contribution is 6.35. The van der Waals surface area contributed by atoms with Crippen LogP contribution in [0.5, 0.6) is 0 Å². The molecule has 0 bridgehead atoms. The Bertz CT molecular complexity index is 439. The van der Waals surface area contributed by atoms with Crippen LogP contribution in [0.4, 0.5) is 5.69 Å². The van der Waals surface area contributed by atoms with Gasteiger partial charge in [0.2, 0.25) is 0 Å². The van der Waals surface area contributed by atoms with Crippen molar-refractivity contribution in [1.82, 2.24) is 0 Å². The summed E-state index contributed by atoms with van der Waals surface area (Å²) < 4.78 is 0. The van der Waals surface area contributed by atoms with Gasteiger partial charge in [0.25, 0.3) is 5.91 Å². The van der Waals surface area contributed by atoms with Gasteiger partial charge < -0.3 is 15.1 Å². The summed E-state index contributed by atoms with van der Waals surface area (Å²) in [6.07, 6.45) is 0. The zero-order valence-electron chi connectivity index (χ0n) is 10.9. The fourth-order valence-electron chi connectivity index (χ4n) is 2.27. The number of rotatable bonds is 3. The Balaban J connectivity index is 1.87. The number of carbonyl (C=O) groups is 1. The van der Waals surface area contributed by atoms with E-state index in [1.807, 2.05) is 0 Å². The molecule has 1 aromatic rings. The van der Waals surface area contributed by atoms with Gasteiger partial charge in [0.05, 0.1) is 7.05 Å². The van der Waals surface area contributed by atoms with Gasteiger partial charge >= 0.3 is 0 Å². The van der Waals surface area contributed by atoms with Gasteiger partial charge in [-0.1, -0.05) is 23.2 Å². The van der Waals surface area contributed by atoms with E-state index in [1.165, 1.54) is 9.80 Å². The average Bonchev–Trinajstić information content (AvgIpc) is 2.30. The molecule has 19 heavy (non-hydrogen) atoms. The number of piperazine rings is 1. The van der Waals surface area contributed by atoms with Gasteiger partial charge in [0, 0.05) is 15.7 Å². The Hall–Kier alpha value is -0.810. The van der Waals surface area contributed by atoms with Crippen LogP contribution in [-0.4, -0.2) is 45.7 Å². The van der Waals surface area contributed by atoms with E-state index in [9.17, 15) is 4.79 Å². The average molecular weight is 304 g/mol. The smallest absolute Gasteiger partial charge is 0.279 e. The molecule has 0 radical (unpaired) electrons. The molecule has 1 saturated heterocycles. The molecular weight excluding hydrogens is 285 g/mol. The normalized spacial score (nSPS) is 23.1. The lowest BCUT2D eigenvalue weighted by molar-refractivity contribution is -0.999. The highest BCUT2D eigenvalue weighted by Gasteiger charge is 2.22. The van der Waals surface area contributed by atoms with Gasteiger partial charge in [-0.15, -0.1) is 0 Å². The molecule has 2 rings (SSSR count). The molecule has 1 aliphatic rings. The maximum absolute atomic E-state index is 12.0. The first-order chi connectivity index (χ1) is 9.02. The Morgan fingerprint density at radius 2 is 1.74 bits per heavy atom. The minimum atomic E-state index is 0.00730. The summed E-state index contributed by atoms with van der Waals surface area (Å²) in [4.78, 5) is 14.8. The third kappa shape index (κ3) is 4.66. The van der Waals surface area contributed by atoms with Crippen LogP contribution in [0.1, 0.15) is 0 Å². The molecule has 0 aliphatic carbocycles. The van der Waals surface area contributed by atoms with Gasteiger partial charge in [0.1, 0.15) is 26.2 Å². The fourth-order valence-corrected chi connectivity index (χ4v) is 2.79. The van der Waals surface area contributed by atoms with E-state index < -0.39 is 0 Å². The minimum Gasteiger partial charge on any atom is -0.328 e. The van der Waals surface area contributed by atoms with Gasteiger partial charge in [-0.25, -0.2) is 0 Å². The molecule has 104 valence electrons. The van der Waals surface area contributed by atoms with Crippen LogP contribution < -0.4 is 15.1 Å². The summed E-state index contributed by atoms with van der Waals surface area (Å²) in [5, 5.41) is 3.90. The molecule has 6 heteroatoms. The third-order valence-corrected chi connectivity index (χ3v) is 3.80. The van der Waals surface area contributed by atoms with E-state index in [2.05, 4.69) is 12.4 Å². The molecule has 1 aromatic carbocycles. The molecule has 1 aliphatic heterocycles. The molecule has 0 aromatic heterocycles. The third-order valence-electron chi connectivity index (χ3n) is 3.37. The zero-order chi connectivity index (χ0) is 13.8. The van der Waals surface area contributed by atoms with Crippen LogP contribution in [0.2, 0.25) is 10.0 Å². The predicted molar refractivity (Wildman–Crippen MR) is 77.3 cm³/mol. The number of halogens is 2. The standard InChI is InChI=1S/C13H17Cl2N3O/c1-17-2-4-18(5-3-17)9-13(19)16-12-7-10(14)6-11(15)8-12/h6-8H,2-5,9H2,1H3,(H,16,19)/p+2. The van der Waals surface area contributed by atoms with Crippen molar-refractivity contribution in [1.29, 1.82) is 0 Å². The Morgan fingerprint density at radius 1 is 1.16 bits per heavy atom. The Kier molecular flexibility index (Phi) is 5.05. The number of amides is 1. The molecule has 1 amide bonds. The van der Waals surface area contributed by atoms with Gasteiger partial charge in [-0.3, -0.25) is 4.79 Å². The molecular formula is C13H19Cl2N3O+2. The maximum Gasteiger partial charge on any atom is 0.279 e. The number of hydrogen-bond donors (Lipinski definition) is 3. The van der Waals surface area contributed by atoms with Crippen molar-refractivity contribution in [2.75, 3.05) is 45.1 Å². The van der Waals surface area contributed by atoms with Crippen molar-refractivity contribution in [2.24, 2.45) is 0 Å². The van der Waals surface area contributed by atoms with E-state index in [0.717, 1.165) is 26.2 Å². The lowest BCUT2D eigenvalue weighted by Gasteiger charge is -2.26. The highest BCUT2D eigenvalue weighted by atomic mass is 35.5. The Morgan fingerprint density at radius 3 is 2.32 bits per heavy atom. The monoisotopic (exact) mass is 303 g/mol. The van der Waals surface area contributed by atoms with Crippen molar-refractivity contribution in [3.63, 3.8) is 0 Å². The first-order valence-corrected chi connectivity index (χ1v) is 7.19. The molecule has 0 unspecified atom stereocenters. The van der Waals surface area contributed by atoms with Crippen molar-refractivity contribution in [3.05, 3.63) is 28.2 Å². The second kappa shape index (κ2) is 6.57. The van der Waals surface area contributed by atoms with Crippen molar-refractivity contribution in [3.8, 4) is 0 Å². The van der Waals surface area contributed by atoms with Crippen LogP contribution in [0.25, 0.3) is 0 Å². The number of nitrogens with one attached hydrogen (secondary N) is 3. The van der Waals surface area contributed by atoms with Gasteiger partial charge in [0.15, 0.2) is 6.54 Å². The minimum absolute atomic E-state index is 0.00730. The second-order valence-electron chi connectivity index (χ2n) is 5.09. The number of anilines is 1. The van der Waals surface area contributed by atoms with Gasteiger partial charge in [-0.2, -0.15) is 0 Å². The van der Waals surface area contributed by atoms with Gasteiger partial charge in [-0.05, 0) is 18.2 Å². The topological polar surface area (TPSA) is 38.0 Å². The molecule has 0 spiro atoms. The summed E-state index contributed by atoms with van der Waals surface area (Å²) in [5.74, 6) is 0.00730. The summed E-state index contributed by atoms with van der Waals surface area (Å²) in [6.45, 7) is 4.81. The first-order valence-electron chi connectivity index (χ1n) is 6.44. The SMILES string of the molecule is C[NH+]1CC[NH+](CC(=O)Nc2cc(Cl)cc(Cl)c2)CC1. The van der Waals surface area contributed by atoms with Crippen molar-refractivity contribution >= 4 is 34.8 Å². The fraction of sp³-hybridized carbons (Fsp3) is 0.462. The number of quaternary nitrogens is 2. The second-order valence-corrected chi connectivity index (χ2v) is 5.96. The number of hydrogen-bond acceptors (Lipinski definition) is 1. The van der Waals surface area contributed by atoms with E-state index in [-0.39, 0.29) is 5.91 Å². The largest absolute Gasteiger partial charge is 0.328 e. The quantitative estimate of drug-likeness (QED) is 0.682. The van der Waals surface area contributed by atoms with Crippen molar-refractivity contribution < 1.29 is 14.6 Å². The van der Waals surface area contributed by atoms with E-state index in [1.54, 1.807) is 18.2 Å². The van der Waals surface area contributed by atoms with Crippen LogP contribution in [0.15, 0.2) is 18.2 Å². The molecule has 0 atom stereocenters. The number of likely N-dealkylation sites (N-methyl/N-ethyl adjacent to an activating group) is 1. The molecule has 0 saturated carbocycles. The molecule has 3 N–H and O–H groups in total. The molecule has 1 heterocycles. The lowest BCUT2D eigenvalue weighted by atomic mass is 10.3. The summed E-state index contributed by atoms with van der Waals surface area (Å²) in [7, 11) is 2.19. The summed E-state index contributed by atoms with van der Waals surface area (Å²) >= 11 is 11.8. The molecule has 1 fully saturated rings. The molecule has 4 nitrogen and oxygen atoms in total. The predicted octanol–water partition coefficient (Wildman–Crippen LogP) is -0.655. The van der Waals surface area contributed by atoms with Crippen LogP contribution >= 0.6 is 23.2 Å². The highest BCUT2D eigenvalue weighted by Crippen LogP contribution is 2.22. The maximum atomic E-state index is 12.0.